The molecular formula is C14H14O. The zero-order valence-electron chi connectivity index (χ0n) is 8.99. The topological polar surface area (TPSA) is 20.2 Å². The van der Waals surface area contributed by atoms with E-state index in [-0.39, 0.29) is 0 Å². The Morgan fingerprint density at radius 1 is 0.933 bits per heavy atom. The van der Waals surface area contributed by atoms with E-state index in [2.05, 4.69) is 26.0 Å². The molecule has 0 bridgehead atoms. The van der Waals surface area contributed by atoms with Crippen LogP contribution in [-0.2, 0) is 0 Å². The number of aryl methyl sites for hydroxylation is 1. The van der Waals surface area contributed by atoms with Gasteiger partial charge in [-0.25, -0.2) is 0 Å². The summed E-state index contributed by atoms with van der Waals surface area (Å²) < 4.78 is 0. The van der Waals surface area contributed by atoms with Gasteiger partial charge in [-0.3, -0.25) is 0 Å². The Hall–Kier alpha value is -1.76. The summed E-state index contributed by atoms with van der Waals surface area (Å²) in [7, 11) is 0. The Morgan fingerprint density at radius 2 is 1.67 bits per heavy atom. The number of hydrogen-bond acceptors (Lipinski definition) is 1. The van der Waals surface area contributed by atoms with Crippen LogP contribution in [0.15, 0.2) is 42.5 Å². The average Bonchev–Trinajstić information content (AvgIpc) is 2.22. The van der Waals surface area contributed by atoms with Gasteiger partial charge in [0, 0.05) is 0 Å². The van der Waals surface area contributed by atoms with Gasteiger partial charge in [0.1, 0.15) is 5.75 Å². The molecule has 0 aliphatic rings. The first kappa shape index (κ1) is 9.78. The highest BCUT2D eigenvalue weighted by atomic mass is 16.3. The minimum atomic E-state index is 0.313. The van der Waals surface area contributed by atoms with Crippen molar-refractivity contribution in [3.63, 3.8) is 0 Å². The van der Waals surface area contributed by atoms with Gasteiger partial charge in [0.15, 0.2) is 0 Å². The van der Waals surface area contributed by atoms with E-state index < -0.39 is 0 Å². The molecule has 0 unspecified atom stereocenters. The molecule has 0 spiro atoms. The van der Waals surface area contributed by atoms with Crippen LogP contribution in [0.4, 0.5) is 0 Å². The first-order valence-corrected chi connectivity index (χ1v) is 5.04. The highest BCUT2D eigenvalue weighted by Crippen LogP contribution is 2.27. The zero-order chi connectivity index (χ0) is 10.8. The van der Waals surface area contributed by atoms with Crippen molar-refractivity contribution in [3.05, 3.63) is 53.6 Å². The Morgan fingerprint density at radius 3 is 2.40 bits per heavy atom. The Balaban J connectivity index is 2.59. The molecule has 1 N–H and O–H groups in total. The molecule has 2 aromatic carbocycles. The molecule has 0 radical (unpaired) electrons. The molecule has 0 aliphatic heterocycles. The predicted octanol–water partition coefficient (Wildman–Crippen LogP) is 3.68. The second kappa shape index (κ2) is 3.77. The third kappa shape index (κ3) is 1.86. The van der Waals surface area contributed by atoms with E-state index in [0.29, 0.717) is 5.75 Å². The molecule has 0 aliphatic carbocycles. The number of aromatic hydroxyl groups is 1. The maximum absolute atomic E-state index is 9.43. The smallest absolute Gasteiger partial charge is 0.116 e. The predicted molar refractivity (Wildman–Crippen MR) is 63.0 cm³/mol. The zero-order valence-corrected chi connectivity index (χ0v) is 8.99. The van der Waals surface area contributed by atoms with Crippen molar-refractivity contribution in [1.82, 2.24) is 0 Å². The van der Waals surface area contributed by atoms with E-state index in [0.717, 1.165) is 5.56 Å². The highest BCUT2D eigenvalue weighted by molar-refractivity contribution is 5.69. The van der Waals surface area contributed by atoms with Crippen LogP contribution in [0.5, 0.6) is 5.75 Å². The van der Waals surface area contributed by atoms with Gasteiger partial charge >= 0.3 is 0 Å². The minimum absolute atomic E-state index is 0.313. The van der Waals surface area contributed by atoms with Gasteiger partial charge in [-0.1, -0.05) is 30.3 Å². The summed E-state index contributed by atoms with van der Waals surface area (Å²) in [5.74, 6) is 0.313. The molecule has 0 heterocycles. The summed E-state index contributed by atoms with van der Waals surface area (Å²) in [6, 6.07) is 13.6. The van der Waals surface area contributed by atoms with E-state index in [4.69, 9.17) is 0 Å². The summed E-state index contributed by atoms with van der Waals surface area (Å²) in [4.78, 5) is 0. The third-order valence-corrected chi connectivity index (χ3v) is 2.76. The normalized spacial score (nSPS) is 10.3. The van der Waals surface area contributed by atoms with Crippen LogP contribution >= 0.6 is 0 Å². The van der Waals surface area contributed by atoms with E-state index in [1.807, 2.05) is 18.2 Å². The lowest BCUT2D eigenvalue weighted by molar-refractivity contribution is 0.475. The highest BCUT2D eigenvalue weighted by Gasteiger charge is 2.03. The summed E-state index contributed by atoms with van der Waals surface area (Å²) >= 11 is 0. The van der Waals surface area contributed by atoms with Gasteiger partial charge in [0.2, 0.25) is 0 Å². The fraction of sp³-hybridized carbons (Fsp3) is 0.143. The molecule has 0 saturated heterocycles. The Bertz CT molecular complexity index is 486. The molecule has 0 saturated carbocycles. The van der Waals surface area contributed by atoms with E-state index in [1.165, 1.54) is 16.7 Å². The van der Waals surface area contributed by atoms with Crippen molar-refractivity contribution in [2.75, 3.05) is 0 Å². The molecule has 0 amide bonds. The molecule has 1 nitrogen and oxygen atoms in total. The lowest BCUT2D eigenvalue weighted by Gasteiger charge is -2.08. The number of rotatable bonds is 1. The molecule has 0 atom stereocenters. The van der Waals surface area contributed by atoms with Crippen LogP contribution in [0, 0.1) is 13.8 Å². The van der Waals surface area contributed by atoms with Crippen molar-refractivity contribution < 1.29 is 5.11 Å². The molecule has 15 heavy (non-hydrogen) atoms. The van der Waals surface area contributed by atoms with Gasteiger partial charge in [-0.2, -0.15) is 0 Å². The van der Waals surface area contributed by atoms with Crippen LogP contribution in [0.25, 0.3) is 11.1 Å². The van der Waals surface area contributed by atoms with Crippen molar-refractivity contribution in [2.45, 2.75) is 13.8 Å². The minimum Gasteiger partial charge on any atom is -0.508 e. The van der Waals surface area contributed by atoms with Gasteiger partial charge in [-0.15, -0.1) is 0 Å². The first-order valence-electron chi connectivity index (χ1n) is 5.04. The van der Waals surface area contributed by atoms with Crippen molar-refractivity contribution in [3.8, 4) is 16.9 Å². The fourth-order valence-electron chi connectivity index (χ4n) is 1.74. The standard InChI is InChI=1S/C14H14O/c1-10-5-3-8-14(11(10)2)12-6-4-7-13(15)9-12/h3-9,15H,1-2H3. The molecule has 0 aromatic heterocycles. The van der Waals surface area contributed by atoms with Crippen LogP contribution in [0.2, 0.25) is 0 Å². The van der Waals surface area contributed by atoms with Crippen molar-refractivity contribution >= 4 is 0 Å². The quantitative estimate of drug-likeness (QED) is 0.741. The van der Waals surface area contributed by atoms with E-state index in [9.17, 15) is 5.11 Å². The second-order valence-electron chi connectivity index (χ2n) is 3.80. The van der Waals surface area contributed by atoms with Gasteiger partial charge in [-0.05, 0) is 48.2 Å². The summed E-state index contributed by atoms with van der Waals surface area (Å²) in [5.41, 5.74) is 4.79. The number of phenolic OH excluding ortho intramolecular Hbond substituents is 1. The lowest BCUT2D eigenvalue weighted by Crippen LogP contribution is -1.86. The van der Waals surface area contributed by atoms with Crippen LogP contribution in [0.1, 0.15) is 11.1 Å². The monoisotopic (exact) mass is 198 g/mol. The molecule has 2 aromatic rings. The van der Waals surface area contributed by atoms with Gasteiger partial charge < -0.3 is 5.11 Å². The number of phenols is 1. The van der Waals surface area contributed by atoms with E-state index >= 15 is 0 Å². The summed E-state index contributed by atoms with van der Waals surface area (Å²) in [6.07, 6.45) is 0. The molecule has 2 rings (SSSR count). The maximum Gasteiger partial charge on any atom is 0.116 e. The Kier molecular flexibility index (Phi) is 2.46. The first-order chi connectivity index (χ1) is 7.18. The van der Waals surface area contributed by atoms with Crippen LogP contribution in [-0.4, -0.2) is 5.11 Å². The van der Waals surface area contributed by atoms with Gasteiger partial charge in [0.05, 0.1) is 0 Å². The lowest BCUT2D eigenvalue weighted by atomic mass is 9.97. The third-order valence-electron chi connectivity index (χ3n) is 2.76. The number of hydrogen-bond donors (Lipinski definition) is 1. The maximum atomic E-state index is 9.43. The van der Waals surface area contributed by atoms with Gasteiger partial charge in [0.25, 0.3) is 0 Å². The summed E-state index contributed by atoms with van der Waals surface area (Å²) in [6.45, 7) is 4.20. The molecule has 0 fully saturated rings. The average molecular weight is 198 g/mol. The SMILES string of the molecule is Cc1cccc(-c2cccc(O)c2)c1C. The molecule has 1 heteroatoms. The summed E-state index contributed by atoms with van der Waals surface area (Å²) in [5, 5.41) is 9.43. The molecular weight excluding hydrogens is 184 g/mol. The number of benzene rings is 2. The van der Waals surface area contributed by atoms with E-state index in [1.54, 1.807) is 12.1 Å². The largest absolute Gasteiger partial charge is 0.508 e. The fourth-order valence-corrected chi connectivity index (χ4v) is 1.74. The van der Waals surface area contributed by atoms with Crippen LogP contribution in [0.3, 0.4) is 0 Å². The second-order valence-corrected chi connectivity index (χ2v) is 3.80. The van der Waals surface area contributed by atoms with Crippen LogP contribution < -0.4 is 0 Å². The van der Waals surface area contributed by atoms with Crippen molar-refractivity contribution in [2.24, 2.45) is 0 Å². The molecule has 76 valence electrons. The Labute approximate surface area is 90.0 Å². The van der Waals surface area contributed by atoms with Crippen molar-refractivity contribution in [1.29, 1.82) is 0 Å².